The Labute approximate surface area is 116 Å². The van der Waals surface area contributed by atoms with E-state index in [4.69, 9.17) is 10.5 Å². The van der Waals surface area contributed by atoms with Crippen molar-refractivity contribution in [2.45, 2.75) is 25.2 Å². The van der Waals surface area contributed by atoms with E-state index in [0.717, 1.165) is 6.07 Å². The van der Waals surface area contributed by atoms with Crippen LogP contribution in [0.15, 0.2) is 24.3 Å². The summed E-state index contributed by atoms with van der Waals surface area (Å²) in [5.41, 5.74) is 5.40. The van der Waals surface area contributed by atoms with Gasteiger partial charge in [0.25, 0.3) is 0 Å². The Morgan fingerprint density at radius 3 is 2.70 bits per heavy atom. The van der Waals surface area contributed by atoms with Gasteiger partial charge in [0.2, 0.25) is 0 Å². The maximum Gasteiger partial charge on any atom is 0.416 e. The zero-order chi connectivity index (χ0) is 14.8. The Balaban J connectivity index is 2.37. The highest BCUT2D eigenvalue weighted by atomic mass is 19.4. The lowest BCUT2D eigenvalue weighted by Gasteiger charge is -2.39. The van der Waals surface area contributed by atoms with Crippen LogP contribution in [0.25, 0.3) is 0 Å². The van der Waals surface area contributed by atoms with Crippen LogP contribution in [0.2, 0.25) is 0 Å². The van der Waals surface area contributed by atoms with Gasteiger partial charge in [-0.3, -0.25) is 4.90 Å². The highest BCUT2D eigenvalue weighted by Gasteiger charge is 2.37. The smallest absolute Gasteiger partial charge is 0.379 e. The summed E-state index contributed by atoms with van der Waals surface area (Å²) in [7, 11) is 0. The van der Waals surface area contributed by atoms with E-state index in [1.165, 1.54) is 12.1 Å². The number of hydrogen-bond acceptors (Lipinski definition) is 3. The normalized spacial score (nSPS) is 22.8. The molecule has 0 bridgehead atoms. The Morgan fingerprint density at radius 2 is 2.10 bits per heavy atom. The zero-order valence-corrected chi connectivity index (χ0v) is 11.4. The summed E-state index contributed by atoms with van der Waals surface area (Å²) in [6.45, 7) is 3.73. The molecule has 1 fully saturated rings. The molecule has 2 rings (SSSR count). The molecule has 1 saturated heterocycles. The molecule has 2 atom stereocenters. The molecule has 2 unspecified atom stereocenters. The van der Waals surface area contributed by atoms with E-state index in [1.54, 1.807) is 6.07 Å². The number of ether oxygens (including phenoxy) is 1. The fourth-order valence-electron chi connectivity index (χ4n) is 2.69. The van der Waals surface area contributed by atoms with Crippen molar-refractivity contribution < 1.29 is 17.9 Å². The molecule has 0 aliphatic carbocycles. The van der Waals surface area contributed by atoms with Gasteiger partial charge in [-0.15, -0.1) is 0 Å². The summed E-state index contributed by atoms with van der Waals surface area (Å²) in [5.74, 6) is 0. The van der Waals surface area contributed by atoms with Gasteiger partial charge in [0, 0.05) is 25.2 Å². The molecule has 1 aromatic rings. The maximum atomic E-state index is 13.1. The van der Waals surface area contributed by atoms with E-state index in [2.05, 4.69) is 0 Å². The molecule has 2 N–H and O–H groups in total. The summed E-state index contributed by atoms with van der Waals surface area (Å²) in [5, 5.41) is 0. The van der Waals surface area contributed by atoms with Crippen LogP contribution in [0.1, 0.15) is 24.1 Å². The van der Waals surface area contributed by atoms with Crippen LogP contribution in [-0.4, -0.2) is 37.2 Å². The quantitative estimate of drug-likeness (QED) is 0.928. The average molecular weight is 288 g/mol. The summed E-state index contributed by atoms with van der Waals surface area (Å²) in [4.78, 5) is 1.99. The number of hydrogen-bond donors (Lipinski definition) is 1. The molecular formula is C14H19F3N2O. The lowest BCUT2D eigenvalue weighted by Crippen LogP contribution is -2.48. The number of halogens is 3. The van der Waals surface area contributed by atoms with Crippen LogP contribution in [-0.2, 0) is 10.9 Å². The van der Waals surface area contributed by atoms with Gasteiger partial charge in [-0.1, -0.05) is 18.2 Å². The van der Waals surface area contributed by atoms with Crippen LogP contribution in [0.4, 0.5) is 13.2 Å². The molecule has 0 radical (unpaired) electrons. The van der Waals surface area contributed by atoms with Crippen LogP contribution < -0.4 is 5.73 Å². The number of nitrogens with two attached hydrogens (primary N) is 1. The summed E-state index contributed by atoms with van der Waals surface area (Å²) >= 11 is 0. The van der Waals surface area contributed by atoms with E-state index in [-0.39, 0.29) is 18.2 Å². The second-order valence-electron chi connectivity index (χ2n) is 5.00. The number of rotatable bonds is 3. The predicted octanol–water partition coefficient (Wildman–Crippen LogP) is 2.43. The van der Waals surface area contributed by atoms with E-state index >= 15 is 0 Å². The standard InChI is InChI=1S/C14H19F3N2O/c1-10-9-20-7-6-19(10)13(8-18)11-4-2-3-5-12(11)14(15,16)17/h2-5,10,13H,6-9,18H2,1H3. The largest absolute Gasteiger partial charge is 0.416 e. The lowest BCUT2D eigenvalue weighted by atomic mass is 9.97. The van der Waals surface area contributed by atoms with Crippen molar-refractivity contribution in [3.63, 3.8) is 0 Å². The van der Waals surface area contributed by atoms with Crippen LogP contribution in [0.5, 0.6) is 0 Å². The number of morpholine rings is 1. The molecule has 0 spiro atoms. The average Bonchev–Trinajstić information content (AvgIpc) is 2.41. The molecule has 1 heterocycles. The number of alkyl halides is 3. The van der Waals surface area contributed by atoms with Crippen molar-refractivity contribution in [2.75, 3.05) is 26.3 Å². The summed E-state index contributed by atoms with van der Waals surface area (Å²) in [6.07, 6.45) is -4.36. The molecule has 3 nitrogen and oxygen atoms in total. The molecular weight excluding hydrogens is 269 g/mol. The van der Waals surface area contributed by atoms with Crippen molar-refractivity contribution >= 4 is 0 Å². The van der Waals surface area contributed by atoms with Crippen molar-refractivity contribution in [1.82, 2.24) is 4.90 Å². The molecule has 1 aromatic carbocycles. The fraction of sp³-hybridized carbons (Fsp3) is 0.571. The molecule has 0 saturated carbocycles. The minimum absolute atomic E-state index is 0.0542. The van der Waals surface area contributed by atoms with E-state index in [0.29, 0.717) is 19.8 Å². The predicted molar refractivity (Wildman–Crippen MR) is 70.2 cm³/mol. The Kier molecular flexibility index (Phi) is 4.67. The topological polar surface area (TPSA) is 38.5 Å². The lowest BCUT2D eigenvalue weighted by molar-refractivity contribution is -0.139. The van der Waals surface area contributed by atoms with E-state index < -0.39 is 17.8 Å². The van der Waals surface area contributed by atoms with Crippen LogP contribution in [0, 0.1) is 0 Å². The number of nitrogens with zero attached hydrogens (tertiary/aromatic N) is 1. The van der Waals surface area contributed by atoms with Crippen molar-refractivity contribution in [1.29, 1.82) is 0 Å². The third-order valence-corrected chi connectivity index (χ3v) is 3.67. The van der Waals surface area contributed by atoms with Gasteiger partial charge in [-0.05, 0) is 18.6 Å². The molecule has 0 amide bonds. The van der Waals surface area contributed by atoms with Crippen molar-refractivity contribution in [3.8, 4) is 0 Å². The molecule has 20 heavy (non-hydrogen) atoms. The highest BCUT2D eigenvalue weighted by Crippen LogP contribution is 2.36. The molecule has 6 heteroatoms. The van der Waals surface area contributed by atoms with Crippen molar-refractivity contribution in [3.05, 3.63) is 35.4 Å². The summed E-state index contributed by atoms with van der Waals surface area (Å²) < 4.78 is 44.7. The molecule has 112 valence electrons. The second kappa shape index (κ2) is 6.11. The van der Waals surface area contributed by atoms with Gasteiger partial charge in [-0.25, -0.2) is 0 Å². The SMILES string of the molecule is CC1COCCN1C(CN)c1ccccc1C(F)(F)F. The Bertz CT molecular complexity index is 450. The van der Waals surface area contributed by atoms with Crippen molar-refractivity contribution in [2.24, 2.45) is 5.73 Å². The third-order valence-electron chi connectivity index (χ3n) is 3.67. The first kappa shape index (κ1) is 15.3. The zero-order valence-electron chi connectivity index (χ0n) is 11.4. The van der Waals surface area contributed by atoms with E-state index in [1.807, 2.05) is 11.8 Å². The Hall–Kier alpha value is -1.11. The van der Waals surface area contributed by atoms with Gasteiger partial charge in [0.1, 0.15) is 0 Å². The first-order valence-corrected chi connectivity index (χ1v) is 6.65. The first-order chi connectivity index (χ1) is 9.45. The van der Waals surface area contributed by atoms with Crippen LogP contribution in [0.3, 0.4) is 0 Å². The summed E-state index contributed by atoms with van der Waals surface area (Å²) in [6, 6.07) is 5.28. The highest BCUT2D eigenvalue weighted by molar-refractivity contribution is 5.33. The molecule has 1 aliphatic rings. The monoisotopic (exact) mass is 288 g/mol. The maximum absolute atomic E-state index is 13.1. The minimum Gasteiger partial charge on any atom is -0.379 e. The van der Waals surface area contributed by atoms with Gasteiger partial charge in [0.15, 0.2) is 0 Å². The Morgan fingerprint density at radius 1 is 1.40 bits per heavy atom. The van der Waals surface area contributed by atoms with Gasteiger partial charge >= 0.3 is 6.18 Å². The fourth-order valence-corrected chi connectivity index (χ4v) is 2.69. The second-order valence-corrected chi connectivity index (χ2v) is 5.00. The molecule has 1 aliphatic heterocycles. The number of benzene rings is 1. The van der Waals surface area contributed by atoms with Gasteiger partial charge in [-0.2, -0.15) is 13.2 Å². The molecule has 0 aromatic heterocycles. The third kappa shape index (κ3) is 3.13. The van der Waals surface area contributed by atoms with Gasteiger partial charge in [0.05, 0.1) is 18.8 Å². The van der Waals surface area contributed by atoms with E-state index in [9.17, 15) is 13.2 Å². The van der Waals surface area contributed by atoms with Crippen LogP contribution >= 0.6 is 0 Å². The first-order valence-electron chi connectivity index (χ1n) is 6.65. The van der Waals surface area contributed by atoms with Gasteiger partial charge < -0.3 is 10.5 Å². The minimum atomic E-state index is -4.36.